The van der Waals surface area contributed by atoms with Gasteiger partial charge in [0.2, 0.25) is 5.91 Å². The first kappa shape index (κ1) is 19.8. The van der Waals surface area contributed by atoms with E-state index in [0.29, 0.717) is 38.4 Å². The van der Waals surface area contributed by atoms with Crippen molar-refractivity contribution in [3.63, 3.8) is 0 Å². The van der Waals surface area contributed by atoms with Crippen LogP contribution < -0.4 is 5.56 Å². The highest BCUT2D eigenvalue weighted by molar-refractivity contribution is 5.99. The molecule has 2 bridgehead atoms. The second-order valence-corrected chi connectivity index (χ2v) is 8.60. The zero-order chi connectivity index (χ0) is 20.5. The van der Waals surface area contributed by atoms with E-state index in [0.717, 1.165) is 25.2 Å². The summed E-state index contributed by atoms with van der Waals surface area (Å²) in [7, 11) is 0. The number of carbonyl (C=O) groups is 3. The molecule has 4 heterocycles. The molecule has 1 amide bonds. The topological polar surface area (TPSA) is 99.9 Å². The van der Waals surface area contributed by atoms with E-state index in [1.165, 1.54) is 0 Å². The summed E-state index contributed by atoms with van der Waals surface area (Å²) in [6.45, 7) is 3.24. The summed E-state index contributed by atoms with van der Waals surface area (Å²) < 4.78 is 1.86. The van der Waals surface area contributed by atoms with Gasteiger partial charge in [-0.05, 0) is 31.2 Å². The molecule has 156 valence electrons. The van der Waals surface area contributed by atoms with Gasteiger partial charge in [0.15, 0.2) is 5.78 Å². The number of carbonyl (C=O) groups excluding carboxylic acids is 2. The van der Waals surface area contributed by atoms with E-state index < -0.39 is 11.9 Å². The quantitative estimate of drug-likeness (QED) is 0.724. The van der Waals surface area contributed by atoms with Gasteiger partial charge in [-0.3, -0.25) is 24.1 Å². The molecule has 1 N–H and O–H groups in total. The third-order valence-corrected chi connectivity index (χ3v) is 6.50. The van der Waals surface area contributed by atoms with Crippen molar-refractivity contribution in [3.8, 4) is 0 Å². The van der Waals surface area contributed by atoms with Gasteiger partial charge in [0, 0.05) is 50.4 Å². The van der Waals surface area contributed by atoms with Crippen molar-refractivity contribution in [2.24, 2.45) is 11.8 Å². The molecule has 4 rings (SSSR count). The standard InChI is InChI=1S/C21H27N3O5/c25-17(9-20(27)23-6-4-15(5-7-23)21(28)29)13-22-10-14-8-16(12-22)18-2-1-3-19(26)24(18)11-14/h1-3,14-16H,4-13H2,(H,28,29). The molecule has 8 nitrogen and oxygen atoms in total. The molecule has 0 spiro atoms. The lowest BCUT2D eigenvalue weighted by atomic mass is 9.83. The molecule has 29 heavy (non-hydrogen) atoms. The zero-order valence-electron chi connectivity index (χ0n) is 16.5. The van der Waals surface area contributed by atoms with E-state index in [2.05, 4.69) is 4.90 Å². The molecular weight excluding hydrogens is 374 g/mol. The Morgan fingerprint density at radius 1 is 1.07 bits per heavy atom. The average Bonchev–Trinajstić information content (AvgIpc) is 2.68. The summed E-state index contributed by atoms with van der Waals surface area (Å²) in [5.74, 6) is -0.908. The Hall–Kier alpha value is -2.48. The predicted molar refractivity (Wildman–Crippen MR) is 105 cm³/mol. The molecule has 1 aromatic rings. The number of rotatable bonds is 5. The molecule has 1 aromatic heterocycles. The van der Waals surface area contributed by atoms with Crippen LogP contribution in [0.1, 0.15) is 37.3 Å². The lowest BCUT2D eigenvalue weighted by molar-refractivity contribution is -0.146. The monoisotopic (exact) mass is 401 g/mol. The number of aliphatic carboxylic acids is 1. The van der Waals surface area contributed by atoms with E-state index in [1.807, 2.05) is 10.6 Å². The molecule has 0 aliphatic carbocycles. The van der Waals surface area contributed by atoms with Gasteiger partial charge in [0.05, 0.1) is 18.9 Å². The second-order valence-electron chi connectivity index (χ2n) is 8.60. The van der Waals surface area contributed by atoms with Gasteiger partial charge in [-0.1, -0.05) is 6.07 Å². The van der Waals surface area contributed by atoms with Gasteiger partial charge < -0.3 is 14.6 Å². The van der Waals surface area contributed by atoms with E-state index in [4.69, 9.17) is 5.11 Å². The largest absolute Gasteiger partial charge is 0.481 e. The molecule has 2 fully saturated rings. The molecular formula is C21H27N3O5. The molecule has 0 saturated carbocycles. The first-order valence-corrected chi connectivity index (χ1v) is 10.3. The van der Waals surface area contributed by atoms with Crippen LogP contribution in [0.5, 0.6) is 0 Å². The van der Waals surface area contributed by atoms with E-state index >= 15 is 0 Å². The lowest BCUT2D eigenvalue weighted by Gasteiger charge is -2.42. The summed E-state index contributed by atoms with van der Waals surface area (Å²) in [5.41, 5.74) is 1.09. The highest BCUT2D eigenvalue weighted by Crippen LogP contribution is 2.34. The average molecular weight is 401 g/mol. The minimum absolute atomic E-state index is 0.0407. The first-order chi connectivity index (χ1) is 13.9. The Morgan fingerprint density at radius 3 is 2.55 bits per heavy atom. The van der Waals surface area contributed by atoms with E-state index in [1.54, 1.807) is 17.0 Å². The summed E-state index contributed by atoms with van der Waals surface area (Å²) in [4.78, 5) is 51.8. The number of ketones is 1. The highest BCUT2D eigenvalue weighted by Gasteiger charge is 2.35. The van der Waals surface area contributed by atoms with Crippen molar-refractivity contribution < 1.29 is 19.5 Å². The smallest absolute Gasteiger partial charge is 0.306 e. The van der Waals surface area contributed by atoms with Crippen molar-refractivity contribution in [1.29, 1.82) is 0 Å². The highest BCUT2D eigenvalue weighted by atomic mass is 16.4. The van der Waals surface area contributed by atoms with Crippen LogP contribution in [0, 0.1) is 11.8 Å². The maximum atomic E-state index is 12.5. The number of hydrogen-bond donors (Lipinski definition) is 1. The Labute approximate surface area is 169 Å². The number of hydrogen-bond acceptors (Lipinski definition) is 5. The number of carboxylic acid groups (broad SMARTS) is 1. The third-order valence-electron chi connectivity index (χ3n) is 6.50. The predicted octanol–water partition coefficient (Wildman–Crippen LogP) is 0.550. The SMILES string of the molecule is O=C(CC(=O)N1CCC(C(=O)O)CC1)CN1CC2CC(C1)c1cccc(=O)n1C2. The Bertz CT molecular complexity index is 871. The minimum Gasteiger partial charge on any atom is -0.481 e. The van der Waals surface area contributed by atoms with Crippen LogP contribution in [-0.4, -0.2) is 69.9 Å². The maximum absolute atomic E-state index is 12.5. The van der Waals surface area contributed by atoms with Crippen molar-refractivity contribution in [2.75, 3.05) is 32.7 Å². The van der Waals surface area contributed by atoms with Crippen LogP contribution in [0.15, 0.2) is 23.0 Å². The molecule has 0 radical (unpaired) electrons. The van der Waals surface area contributed by atoms with Crippen LogP contribution in [-0.2, 0) is 20.9 Å². The number of pyridine rings is 1. The molecule has 3 aliphatic heterocycles. The third kappa shape index (κ3) is 4.27. The molecule has 8 heteroatoms. The number of aromatic nitrogens is 1. The van der Waals surface area contributed by atoms with Crippen molar-refractivity contribution >= 4 is 17.7 Å². The number of Topliss-reactive ketones (excluding diaryl/α,β-unsaturated/α-hetero) is 1. The van der Waals surface area contributed by atoms with Gasteiger partial charge in [-0.25, -0.2) is 0 Å². The fourth-order valence-electron chi connectivity index (χ4n) is 5.09. The van der Waals surface area contributed by atoms with Gasteiger partial charge in [-0.15, -0.1) is 0 Å². The van der Waals surface area contributed by atoms with Gasteiger partial charge in [-0.2, -0.15) is 0 Å². The molecule has 2 unspecified atom stereocenters. The number of amides is 1. The summed E-state index contributed by atoms with van der Waals surface area (Å²) in [6.07, 6.45) is 1.80. The minimum atomic E-state index is -0.812. The summed E-state index contributed by atoms with van der Waals surface area (Å²) in [5, 5.41) is 9.05. The van der Waals surface area contributed by atoms with Crippen molar-refractivity contribution in [1.82, 2.24) is 14.4 Å². The molecule has 2 atom stereocenters. The summed E-state index contributed by atoms with van der Waals surface area (Å²) in [6, 6.07) is 5.39. The van der Waals surface area contributed by atoms with Crippen LogP contribution in [0.2, 0.25) is 0 Å². The Kier molecular flexibility index (Phi) is 5.54. The number of nitrogens with zero attached hydrogens (tertiary/aromatic N) is 3. The van der Waals surface area contributed by atoms with E-state index in [9.17, 15) is 19.2 Å². The van der Waals surface area contributed by atoms with Gasteiger partial charge >= 0.3 is 5.97 Å². The number of fused-ring (bicyclic) bond motifs is 4. The van der Waals surface area contributed by atoms with Gasteiger partial charge in [0.25, 0.3) is 5.56 Å². The molecule has 2 saturated heterocycles. The van der Waals surface area contributed by atoms with Crippen LogP contribution in [0.3, 0.4) is 0 Å². The Morgan fingerprint density at radius 2 is 1.83 bits per heavy atom. The van der Waals surface area contributed by atoms with Crippen molar-refractivity contribution in [2.45, 2.75) is 38.1 Å². The number of likely N-dealkylation sites (tertiary alicyclic amines) is 2. The number of carboxylic acids is 1. The van der Waals surface area contributed by atoms with E-state index in [-0.39, 0.29) is 36.1 Å². The van der Waals surface area contributed by atoms with Crippen LogP contribution in [0.25, 0.3) is 0 Å². The maximum Gasteiger partial charge on any atom is 0.306 e. The fraction of sp³-hybridized carbons (Fsp3) is 0.619. The van der Waals surface area contributed by atoms with Gasteiger partial charge in [0.1, 0.15) is 0 Å². The Balaban J connectivity index is 1.30. The van der Waals surface area contributed by atoms with Crippen LogP contribution >= 0.6 is 0 Å². The second kappa shape index (κ2) is 8.10. The summed E-state index contributed by atoms with van der Waals surface area (Å²) >= 11 is 0. The zero-order valence-corrected chi connectivity index (χ0v) is 16.5. The van der Waals surface area contributed by atoms with Crippen LogP contribution in [0.4, 0.5) is 0 Å². The molecule has 3 aliphatic rings. The first-order valence-electron chi connectivity index (χ1n) is 10.3. The normalized spacial score (nSPS) is 24.8. The number of piperidine rings is 2. The fourth-order valence-corrected chi connectivity index (χ4v) is 5.09. The lowest BCUT2D eigenvalue weighted by Crippen LogP contribution is -2.48. The van der Waals surface area contributed by atoms with Crippen molar-refractivity contribution in [3.05, 3.63) is 34.2 Å². The molecule has 0 aromatic carbocycles.